The van der Waals surface area contributed by atoms with Crippen LogP contribution in [0.1, 0.15) is 5.56 Å². The highest BCUT2D eigenvalue weighted by Gasteiger charge is 2.12. The Labute approximate surface area is 155 Å². The molecule has 0 atom stereocenters. The third kappa shape index (κ3) is 3.31. The van der Waals surface area contributed by atoms with Gasteiger partial charge in [-0.2, -0.15) is 22.1 Å². The van der Waals surface area contributed by atoms with Gasteiger partial charge in [0.25, 0.3) is 0 Å². The van der Waals surface area contributed by atoms with E-state index in [9.17, 15) is 9.65 Å². The molecule has 0 radical (unpaired) electrons. The molecule has 2 aromatic carbocycles. The van der Waals surface area contributed by atoms with Crippen LogP contribution < -0.4 is 4.90 Å². The number of nitrogens with zero attached hydrogens (tertiary/aromatic N) is 4. The summed E-state index contributed by atoms with van der Waals surface area (Å²) in [4.78, 5) is 2.40. The Morgan fingerprint density at radius 3 is 2.54 bits per heavy atom. The van der Waals surface area contributed by atoms with Gasteiger partial charge in [0.2, 0.25) is 0 Å². The first kappa shape index (κ1) is 16.7. The highest BCUT2D eigenvalue weighted by molar-refractivity contribution is 7.99. The molecule has 26 heavy (non-hydrogen) atoms. The van der Waals surface area contributed by atoms with E-state index in [1.807, 2.05) is 24.0 Å². The molecule has 4 rings (SSSR count). The van der Waals surface area contributed by atoms with Crippen molar-refractivity contribution in [3.8, 4) is 22.9 Å². The Kier molecular flexibility index (Phi) is 4.63. The third-order valence-corrected chi connectivity index (χ3v) is 5.43. The van der Waals surface area contributed by atoms with Crippen LogP contribution in [-0.4, -0.2) is 34.4 Å². The van der Waals surface area contributed by atoms with Crippen molar-refractivity contribution in [3.63, 3.8) is 0 Å². The number of rotatable bonds is 3. The zero-order valence-corrected chi connectivity index (χ0v) is 14.9. The molecule has 0 unspecified atom stereocenters. The minimum atomic E-state index is -0.426. The van der Waals surface area contributed by atoms with Crippen molar-refractivity contribution in [2.45, 2.75) is 0 Å². The molecule has 0 N–H and O–H groups in total. The summed E-state index contributed by atoms with van der Waals surface area (Å²) in [5, 5.41) is 13.6. The average Bonchev–Trinajstić information content (AvgIpc) is 3.18. The lowest BCUT2D eigenvalue weighted by molar-refractivity contribution is 0.626. The van der Waals surface area contributed by atoms with Crippen LogP contribution in [0.25, 0.3) is 16.8 Å². The summed E-state index contributed by atoms with van der Waals surface area (Å²) in [7, 11) is 0. The second-order valence-electron chi connectivity index (χ2n) is 6.09. The van der Waals surface area contributed by atoms with E-state index >= 15 is 0 Å². The van der Waals surface area contributed by atoms with Crippen molar-refractivity contribution in [1.82, 2.24) is 9.78 Å². The van der Waals surface area contributed by atoms with Crippen LogP contribution in [0.2, 0.25) is 0 Å². The van der Waals surface area contributed by atoms with Gasteiger partial charge < -0.3 is 4.90 Å². The van der Waals surface area contributed by atoms with Crippen molar-refractivity contribution in [2.75, 3.05) is 29.5 Å². The van der Waals surface area contributed by atoms with Gasteiger partial charge in [0.1, 0.15) is 11.9 Å². The summed E-state index contributed by atoms with van der Waals surface area (Å²) in [5.41, 5.74) is 4.10. The molecule has 0 amide bonds. The summed E-state index contributed by atoms with van der Waals surface area (Å²) in [5.74, 6) is 1.92. The van der Waals surface area contributed by atoms with Crippen LogP contribution in [-0.2, 0) is 0 Å². The molecule has 1 fully saturated rings. The minimum Gasteiger partial charge on any atom is -0.370 e. The fraction of sp³-hybridized carbons (Fsp3) is 0.200. The summed E-state index contributed by atoms with van der Waals surface area (Å²) in [6.45, 7) is 2.17. The smallest absolute Gasteiger partial charge is 0.124 e. The first-order valence-electron chi connectivity index (χ1n) is 8.42. The van der Waals surface area contributed by atoms with Gasteiger partial charge in [0.15, 0.2) is 0 Å². The minimum absolute atomic E-state index is 0.262. The maximum Gasteiger partial charge on any atom is 0.124 e. The molecule has 3 aromatic rings. The van der Waals surface area contributed by atoms with Crippen molar-refractivity contribution < 1.29 is 4.39 Å². The lowest BCUT2D eigenvalue weighted by Gasteiger charge is -2.28. The molecule has 1 saturated heterocycles. The summed E-state index contributed by atoms with van der Waals surface area (Å²) in [6, 6.07) is 14.6. The van der Waals surface area contributed by atoms with E-state index in [4.69, 9.17) is 0 Å². The summed E-state index contributed by atoms with van der Waals surface area (Å²) < 4.78 is 14.9. The topological polar surface area (TPSA) is 44.9 Å². The molecule has 130 valence electrons. The van der Waals surface area contributed by atoms with Crippen molar-refractivity contribution in [3.05, 3.63) is 66.2 Å². The van der Waals surface area contributed by atoms with Crippen LogP contribution in [0.5, 0.6) is 0 Å². The largest absolute Gasteiger partial charge is 0.370 e. The lowest BCUT2D eigenvalue weighted by atomic mass is 10.1. The molecule has 1 aliphatic rings. The third-order valence-electron chi connectivity index (χ3n) is 4.49. The van der Waals surface area contributed by atoms with E-state index in [-0.39, 0.29) is 5.56 Å². The first-order valence-corrected chi connectivity index (χ1v) is 9.58. The van der Waals surface area contributed by atoms with Crippen molar-refractivity contribution in [2.24, 2.45) is 0 Å². The number of nitriles is 1. The first-order chi connectivity index (χ1) is 12.7. The Hall–Kier alpha value is -2.78. The maximum atomic E-state index is 13.3. The predicted molar refractivity (Wildman–Crippen MR) is 103 cm³/mol. The van der Waals surface area contributed by atoms with Crippen molar-refractivity contribution in [1.29, 1.82) is 5.26 Å². The number of hydrogen-bond donors (Lipinski definition) is 0. The number of aromatic nitrogens is 2. The zero-order valence-electron chi connectivity index (χ0n) is 14.1. The standard InChI is InChI=1S/C20H17FN4S/c21-18-3-6-20(16(11-18)12-22)25-14-17(13-23-25)15-1-4-19(5-2-15)24-7-9-26-10-8-24/h1-6,11,13-14H,7-10H2. The van der Waals surface area contributed by atoms with Gasteiger partial charge in [-0.3, -0.25) is 0 Å². The Morgan fingerprint density at radius 2 is 1.81 bits per heavy atom. The number of halogens is 1. The van der Waals surface area contributed by atoms with Crippen LogP contribution >= 0.6 is 11.8 Å². The van der Waals surface area contributed by atoms with E-state index in [1.165, 1.54) is 29.3 Å². The summed E-state index contributed by atoms with van der Waals surface area (Å²) in [6.07, 6.45) is 3.62. The van der Waals surface area contributed by atoms with Crippen LogP contribution in [0.3, 0.4) is 0 Å². The lowest BCUT2D eigenvalue weighted by Crippen LogP contribution is -2.32. The predicted octanol–water partition coefficient (Wildman–Crippen LogP) is 4.10. The quantitative estimate of drug-likeness (QED) is 0.702. The monoisotopic (exact) mass is 364 g/mol. The number of hydrogen-bond acceptors (Lipinski definition) is 4. The second kappa shape index (κ2) is 7.22. The van der Waals surface area contributed by atoms with Gasteiger partial charge >= 0.3 is 0 Å². The Morgan fingerprint density at radius 1 is 1.04 bits per heavy atom. The second-order valence-corrected chi connectivity index (χ2v) is 7.32. The number of thioether (sulfide) groups is 1. The number of benzene rings is 2. The molecule has 0 bridgehead atoms. The molecule has 1 aromatic heterocycles. The fourth-order valence-corrected chi connectivity index (χ4v) is 3.99. The van der Waals surface area contributed by atoms with Gasteiger partial charge in [-0.15, -0.1) is 0 Å². The molecule has 1 aliphatic heterocycles. The van der Waals surface area contributed by atoms with Gasteiger partial charge in [0, 0.05) is 42.0 Å². The Balaban J connectivity index is 1.59. The van der Waals surface area contributed by atoms with Gasteiger partial charge in [-0.1, -0.05) is 12.1 Å². The molecule has 0 aliphatic carbocycles. The average molecular weight is 364 g/mol. The van der Waals surface area contributed by atoms with Gasteiger partial charge in [-0.25, -0.2) is 9.07 Å². The van der Waals surface area contributed by atoms with Crippen LogP contribution in [0.4, 0.5) is 10.1 Å². The molecule has 6 heteroatoms. The summed E-state index contributed by atoms with van der Waals surface area (Å²) >= 11 is 2.00. The van der Waals surface area contributed by atoms with E-state index in [0.717, 1.165) is 24.2 Å². The molecule has 2 heterocycles. The van der Waals surface area contributed by atoms with E-state index in [2.05, 4.69) is 34.3 Å². The van der Waals surface area contributed by atoms with Crippen LogP contribution in [0, 0.1) is 17.1 Å². The molecule has 0 saturated carbocycles. The van der Waals surface area contributed by atoms with Gasteiger partial charge in [-0.05, 0) is 35.9 Å². The normalized spacial score (nSPS) is 14.2. The molecule has 0 spiro atoms. The molecular formula is C20H17FN4S. The molecular weight excluding hydrogens is 347 g/mol. The molecule has 4 nitrogen and oxygen atoms in total. The zero-order chi connectivity index (χ0) is 17.9. The van der Waals surface area contributed by atoms with Gasteiger partial charge in [0.05, 0.1) is 17.4 Å². The van der Waals surface area contributed by atoms with E-state index < -0.39 is 5.82 Å². The van der Waals surface area contributed by atoms with E-state index in [0.29, 0.717) is 5.69 Å². The fourth-order valence-electron chi connectivity index (χ4n) is 3.09. The number of anilines is 1. The highest BCUT2D eigenvalue weighted by atomic mass is 32.2. The Bertz CT molecular complexity index is 953. The maximum absolute atomic E-state index is 13.3. The SMILES string of the molecule is N#Cc1cc(F)ccc1-n1cc(-c2ccc(N3CCSCC3)cc2)cn1. The van der Waals surface area contributed by atoms with E-state index in [1.54, 1.807) is 16.9 Å². The van der Waals surface area contributed by atoms with Crippen molar-refractivity contribution >= 4 is 17.4 Å². The van der Waals surface area contributed by atoms with Crippen LogP contribution in [0.15, 0.2) is 54.9 Å². The highest BCUT2D eigenvalue weighted by Crippen LogP contribution is 2.26.